The summed E-state index contributed by atoms with van der Waals surface area (Å²) in [4.78, 5) is 11.7. The van der Waals surface area contributed by atoms with Crippen LogP contribution in [0.15, 0.2) is 6.07 Å². The van der Waals surface area contributed by atoms with E-state index in [2.05, 4.69) is 0 Å². The molecule has 16 heavy (non-hydrogen) atoms. The van der Waals surface area contributed by atoms with E-state index in [4.69, 9.17) is 10.5 Å². The highest BCUT2D eigenvalue weighted by atomic mass is 19.1. The van der Waals surface area contributed by atoms with Crippen molar-refractivity contribution in [1.29, 1.82) is 0 Å². The molecule has 0 bridgehead atoms. The molecule has 0 aromatic heterocycles. The number of carbonyl (C=O) groups excluding carboxylic acids is 1. The van der Waals surface area contributed by atoms with Gasteiger partial charge in [0.25, 0.3) is 0 Å². The Kier molecular flexibility index (Phi) is 3.52. The molecule has 0 saturated heterocycles. The monoisotopic (exact) mass is 225 g/mol. The van der Waals surface area contributed by atoms with Gasteiger partial charge in [0.05, 0.1) is 11.7 Å². The smallest absolute Gasteiger partial charge is 0.340 e. The number of carbonyl (C=O) groups is 1. The number of nitrogen functional groups attached to an aromatic ring is 1. The van der Waals surface area contributed by atoms with Crippen molar-refractivity contribution in [2.75, 3.05) is 5.73 Å². The van der Waals surface area contributed by atoms with Crippen LogP contribution in [0.25, 0.3) is 0 Å². The van der Waals surface area contributed by atoms with Gasteiger partial charge in [-0.1, -0.05) is 0 Å². The van der Waals surface area contributed by atoms with Crippen molar-refractivity contribution in [3.8, 4) is 0 Å². The van der Waals surface area contributed by atoms with Gasteiger partial charge in [0, 0.05) is 11.3 Å². The van der Waals surface area contributed by atoms with E-state index in [0.29, 0.717) is 5.56 Å². The molecule has 0 heterocycles. The summed E-state index contributed by atoms with van der Waals surface area (Å²) in [5.74, 6) is -1.02. The largest absolute Gasteiger partial charge is 0.459 e. The average molecular weight is 225 g/mol. The van der Waals surface area contributed by atoms with Gasteiger partial charge in [-0.25, -0.2) is 9.18 Å². The summed E-state index contributed by atoms with van der Waals surface area (Å²) in [7, 11) is 0. The first-order valence-electron chi connectivity index (χ1n) is 5.10. The quantitative estimate of drug-likeness (QED) is 0.621. The Bertz CT molecular complexity index is 401. The van der Waals surface area contributed by atoms with Crippen molar-refractivity contribution >= 4 is 11.7 Å². The normalized spacial score (nSPS) is 10.6. The number of benzene rings is 1. The van der Waals surface area contributed by atoms with E-state index in [9.17, 15) is 9.18 Å². The van der Waals surface area contributed by atoms with Gasteiger partial charge in [-0.3, -0.25) is 0 Å². The summed E-state index contributed by atoms with van der Waals surface area (Å²) in [6.45, 7) is 6.64. The van der Waals surface area contributed by atoms with E-state index in [-0.39, 0.29) is 22.9 Å². The molecule has 0 unspecified atom stereocenters. The second-order valence-electron chi connectivity index (χ2n) is 4.04. The van der Waals surface area contributed by atoms with Gasteiger partial charge < -0.3 is 10.5 Å². The predicted octanol–water partition coefficient (Wildman–Crippen LogP) is 2.59. The number of halogens is 1. The van der Waals surface area contributed by atoms with Crippen molar-refractivity contribution in [1.82, 2.24) is 0 Å². The third kappa shape index (κ3) is 2.32. The van der Waals surface area contributed by atoms with Crippen LogP contribution in [0.4, 0.5) is 10.1 Å². The van der Waals surface area contributed by atoms with Crippen LogP contribution in [0.1, 0.15) is 35.3 Å². The first-order valence-corrected chi connectivity index (χ1v) is 5.10. The highest BCUT2D eigenvalue weighted by molar-refractivity contribution is 5.97. The van der Waals surface area contributed by atoms with Gasteiger partial charge in [0.1, 0.15) is 5.82 Å². The third-order valence-corrected chi connectivity index (χ3v) is 2.32. The maximum absolute atomic E-state index is 13.5. The predicted molar refractivity (Wildman–Crippen MR) is 60.8 cm³/mol. The van der Waals surface area contributed by atoms with Gasteiger partial charge in [0.2, 0.25) is 0 Å². The Morgan fingerprint density at radius 2 is 2.00 bits per heavy atom. The Hall–Kier alpha value is -1.58. The summed E-state index contributed by atoms with van der Waals surface area (Å²) in [6.07, 6.45) is -0.255. The molecule has 0 amide bonds. The molecule has 0 aliphatic heterocycles. The van der Waals surface area contributed by atoms with E-state index >= 15 is 0 Å². The summed E-state index contributed by atoms with van der Waals surface area (Å²) in [5, 5.41) is 0. The molecule has 2 N–H and O–H groups in total. The summed E-state index contributed by atoms with van der Waals surface area (Å²) >= 11 is 0. The number of hydrogen-bond donors (Lipinski definition) is 1. The lowest BCUT2D eigenvalue weighted by Gasteiger charge is -2.14. The fraction of sp³-hybridized carbons (Fsp3) is 0.417. The van der Waals surface area contributed by atoms with E-state index in [1.807, 2.05) is 0 Å². The van der Waals surface area contributed by atoms with Gasteiger partial charge in [-0.2, -0.15) is 0 Å². The Labute approximate surface area is 94.4 Å². The van der Waals surface area contributed by atoms with Crippen LogP contribution < -0.4 is 5.73 Å². The molecule has 1 rings (SSSR count). The van der Waals surface area contributed by atoms with Gasteiger partial charge >= 0.3 is 5.97 Å². The summed E-state index contributed by atoms with van der Waals surface area (Å²) in [5.41, 5.74) is 6.95. The number of hydrogen-bond acceptors (Lipinski definition) is 3. The molecule has 88 valence electrons. The topological polar surface area (TPSA) is 52.3 Å². The fourth-order valence-corrected chi connectivity index (χ4v) is 1.43. The molecule has 0 aliphatic rings. The number of nitrogens with two attached hydrogens (primary N) is 1. The molecule has 4 heteroatoms. The standard InChI is InChI=1S/C12H16FNO2/c1-6(2)16-12(15)10-8(4)9(13)5-7(3)11(10)14/h5-6H,14H2,1-4H3. The number of rotatable bonds is 2. The van der Waals surface area contributed by atoms with Gasteiger partial charge in [-0.05, 0) is 39.3 Å². The highest BCUT2D eigenvalue weighted by Crippen LogP contribution is 2.24. The van der Waals surface area contributed by atoms with Crippen molar-refractivity contribution in [3.63, 3.8) is 0 Å². The van der Waals surface area contributed by atoms with E-state index in [1.165, 1.54) is 13.0 Å². The maximum atomic E-state index is 13.5. The van der Waals surface area contributed by atoms with Crippen molar-refractivity contribution in [3.05, 3.63) is 28.6 Å². The zero-order valence-corrected chi connectivity index (χ0v) is 9.93. The van der Waals surface area contributed by atoms with E-state index in [0.717, 1.165) is 0 Å². The van der Waals surface area contributed by atoms with E-state index < -0.39 is 11.8 Å². The van der Waals surface area contributed by atoms with Crippen LogP contribution in [0.3, 0.4) is 0 Å². The third-order valence-electron chi connectivity index (χ3n) is 2.32. The van der Waals surface area contributed by atoms with Gasteiger partial charge in [0.15, 0.2) is 0 Å². The first-order chi connectivity index (χ1) is 7.34. The lowest BCUT2D eigenvalue weighted by molar-refractivity contribution is 0.0377. The molecule has 0 aliphatic carbocycles. The van der Waals surface area contributed by atoms with Crippen LogP contribution >= 0.6 is 0 Å². The maximum Gasteiger partial charge on any atom is 0.340 e. The van der Waals surface area contributed by atoms with Crippen LogP contribution in [-0.4, -0.2) is 12.1 Å². The van der Waals surface area contributed by atoms with Gasteiger partial charge in [-0.15, -0.1) is 0 Å². The van der Waals surface area contributed by atoms with Crippen LogP contribution in [0.2, 0.25) is 0 Å². The molecule has 1 aromatic carbocycles. The SMILES string of the molecule is Cc1cc(F)c(C)c(C(=O)OC(C)C)c1N. The number of ether oxygens (including phenoxy) is 1. The minimum Gasteiger partial charge on any atom is -0.459 e. The van der Waals surface area contributed by atoms with Crippen molar-refractivity contribution in [2.45, 2.75) is 33.8 Å². The molecular formula is C12H16FNO2. The molecular weight excluding hydrogens is 209 g/mol. The molecule has 3 nitrogen and oxygen atoms in total. The second-order valence-corrected chi connectivity index (χ2v) is 4.04. The zero-order chi connectivity index (χ0) is 12.5. The van der Waals surface area contributed by atoms with Crippen LogP contribution in [0, 0.1) is 19.7 Å². The molecule has 0 saturated carbocycles. The van der Waals surface area contributed by atoms with Crippen LogP contribution in [-0.2, 0) is 4.74 Å². The Balaban J connectivity index is 3.27. The van der Waals surface area contributed by atoms with Crippen molar-refractivity contribution < 1.29 is 13.9 Å². The van der Waals surface area contributed by atoms with Crippen LogP contribution in [0.5, 0.6) is 0 Å². The Morgan fingerprint density at radius 1 is 1.44 bits per heavy atom. The number of aryl methyl sites for hydroxylation is 1. The fourth-order valence-electron chi connectivity index (χ4n) is 1.43. The Morgan fingerprint density at radius 3 is 2.50 bits per heavy atom. The summed E-state index contributed by atoms with van der Waals surface area (Å²) in [6, 6.07) is 1.32. The second kappa shape index (κ2) is 4.51. The average Bonchev–Trinajstić information content (AvgIpc) is 2.14. The minimum atomic E-state index is -0.576. The first kappa shape index (κ1) is 12.5. The number of esters is 1. The molecule has 0 radical (unpaired) electrons. The minimum absolute atomic E-state index is 0.131. The highest BCUT2D eigenvalue weighted by Gasteiger charge is 2.20. The van der Waals surface area contributed by atoms with Crippen molar-refractivity contribution in [2.24, 2.45) is 0 Å². The molecule has 1 aromatic rings. The molecule has 0 spiro atoms. The lowest BCUT2D eigenvalue weighted by Crippen LogP contribution is -2.16. The molecule has 0 fully saturated rings. The van der Waals surface area contributed by atoms with E-state index in [1.54, 1.807) is 20.8 Å². The zero-order valence-electron chi connectivity index (χ0n) is 9.93. The summed E-state index contributed by atoms with van der Waals surface area (Å²) < 4.78 is 18.5. The lowest BCUT2D eigenvalue weighted by atomic mass is 10.0. The number of anilines is 1. The molecule has 0 atom stereocenters.